The summed E-state index contributed by atoms with van der Waals surface area (Å²) in [7, 11) is 0. The van der Waals surface area contributed by atoms with Crippen LogP contribution in [0.4, 0.5) is 0 Å². The lowest BCUT2D eigenvalue weighted by Gasteiger charge is -2.23. The molecule has 106 valence electrons. The number of aryl methyl sites for hydroxylation is 1. The Balaban J connectivity index is 2.31. The summed E-state index contributed by atoms with van der Waals surface area (Å²) in [5, 5.41) is 9.32. The first kappa shape index (κ1) is 13.5. The van der Waals surface area contributed by atoms with E-state index in [0.29, 0.717) is 16.2 Å². The molecule has 3 heterocycles. The van der Waals surface area contributed by atoms with Crippen LogP contribution in [0, 0.1) is 18.3 Å². The van der Waals surface area contributed by atoms with Gasteiger partial charge in [-0.15, -0.1) is 0 Å². The van der Waals surface area contributed by atoms with Crippen molar-refractivity contribution in [3.63, 3.8) is 0 Å². The van der Waals surface area contributed by atoms with Gasteiger partial charge in [0.1, 0.15) is 28.9 Å². The van der Waals surface area contributed by atoms with Crippen LogP contribution in [-0.2, 0) is 0 Å². The highest BCUT2D eigenvalue weighted by Gasteiger charge is 2.36. The van der Waals surface area contributed by atoms with E-state index in [9.17, 15) is 10.1 Å². The molecule has 1 atom stereocenters. The van der Waals surface area contributed by atoms with Crippen LogP contribution in [0.5, 0.6) is 5.75 Å². The Hall–Kier alpha value is -2.46. The third-order valence-electron chi connectivity index (χ3n) is 3.14. The lowest BCUT2D eigenvalue weighted by molar-refractivity contribution is 0.361. The van der Waals surface area contributed by atoms with Gasteiger partial charge in [0.05, 0.1) is 11.5 Å². The predicted octanol–water partition coefficient (Wildman–Crippen LogP) is 2.52. The van der Waals surface area contributed by atoms with Gasteiger partial charge in [0.25, 0.3) is 0 Å². The molecule has 0 radical (unpaired) electrons. The molecule has 2 aromatic rings. The molecule has 1 aliphatic heterocycles. The van der Waals surface area contributed by atoms with Crippen molar-refractivity contribution in [1.29, 1.82) is 5.26 Å². The zero-order valence-corrected chi connectivity index (χ0v) is 12.4. The van der Waals surface area contributed by atoms with Gasteiger partial charge < -0.3 is 19.3 Å². The Bertz CT molecular complexity index is 857. The number of fused-ring (bicyclic) bond motifs is 1. The van der Waals surface area contributed by atoms with Crippen molar-refractivity contribution in [3.8, 4) is 11.8 Å². The summed E-state index contributed by atoms with van der Waals surface area (Å²) >= 11 is 3.20. The van der Waals surface area contributed by atoms with Gasteiger partial charge in [-0.1, -0.05) is 0 Å². The molecule has 7 heteroatoms. The molecule has 2 aromatic heterocycles. The molecule has 21 heavy (non-hydrogen) atoms. The molecule has 6 nitrogen and oxygen atoms in total. The molecule has 0 saturated heterocycles. The number of furan rings is 1. The highest BCUT2D eigenvalue weighted by Crippen LogP contribution is 2.41. The molecule has 1 unspecified atom stereocenters. The first-order valence-electron chi connectivity index (χ1n) is 5.98. The number of ether oxygens (including phenoxy) is 1. The molecule has 3 rings (SSSR count). The maximum Gasteiger partial charge on any atom is 0.344 e. The van der Waals surface area contributed by atoms with Crippen LogP contribution < -0.4 is 16.1 Å². The number of hydrogen-bond donors (Lipinski definition) is 1. The molecular formula is C14H9BrN2O4. The van der Waals surface area contributed by atoms with E-state index in [1.54, 1.807) is 25.1 Å². The number of nitrogens with two attached hydrogens (primary N) is 1. The molecular weight excluding hydrogens is 340 g/mol. The second kappa shape index (κ2) is 4.82. The average molecular weight is 349 g/mol. The minimum absolute atomic E-state index is 0.0486. The van der Waals surface area contributed by atoms with E-state index in [-0.39, 0.29) is 22.8 Å². The normalized spacial score (nSPS) is 17.1. The van der Waals surface area contributed by atoms with Gasteiger partial charge in [-0.3, -0.25) is 0 Å². The second-order valence-corrected chi connectivity index (χ2v) is 5.27. The van der Waals surface area contributed by atoms with Gasteiger partial charge >= 0.3 is 5.63 Å². The van der Waals surface area contributed by atoms with Gasteiger partial charge in [0.15, 0.2) is 4.67 Å². The monoisotopic (exact) mass is 348 g/mol. The van der Waals surface area contributed by atoms with E-state index >= 15 is 0 Å². The van der Waals surface area contributed by atoms with Crippen LogP contribution in [0.1, 0.15) is 23.0 Å². The summed E-state index contributed by atoms with van der Waals surface area (Å²) in [6.07, 6.45) is 0. The first-order chi connectivity index (χ1) is 10.0. The second-order valence-electron chi connectivity index (χ2n) is 4.49. The quantitative estimate of drug-likeness (QED) is 0.849. The van der Waals surface area contributed by atoms with Crippen LogP contribution in [0.25, 0.3) is 0 Å². The van der Waals surface area contributed by atoms with E-state index in [1.807, 2.05) is 6.07 Å². The zero-order valence-electron chi connectivity index (χ0n) is 10.8. The maximum absolute atomic E-state index is 12.2. The molecule has 0 fully saturated rings. The van der Waals surface area contributed by atoms with E-state index in [0.717, 1.165) is 0 Å². The summed E-state index contributed by atoms with van der Waals surface area (Å²) < 4.78 is 16.4. The Morgan fingerprint density at radius 3 is 2.76 bits per heavy atom. The smallest absolute Gasteiger partial charge is 0.344 e. The van der Waals surface area contributed by atoms with Crippen LogP contribution in [0.3, 0.4) is 0 Å². The maximum atomic E-state index is 12.2. The molecule has 0 aromatic carbocycles. The van der Waals surface area contributed by atoms with Crippen molar-refractivity contribution < 1.29 is 13.6 Å². The molecule has 0 aliphatic carbocycles. The van der Waals surface area contributed by atoms with Gasteiger partial charge in [0, 0.05) is 6.07 Å². The predicted molar refractivity (Wildman–Crippen MR) is 75.4 cm³/mol. The summed E-state index contributed by atoms with van der Waals surface area (Å²) in [6.45, 7) is 1.63. The number of hydrogen-bond acceptors (Lipinski definition) is 6. The Morgan fingerprint density at radius 2 is 2.14 bits per heavy atom. The largest absolute Gasteiger partial charge is 0.453 e. The van der Waals surface area contributed by atoms with Gasteiger partial charge in [-0.05, 0) is 35.0 Å². The minimum Gasteiger partial charge on any atom is -0.453 e. The average Bonchev–Trinajstić information content (AvgIpc) is 2.83. The van der Waals surface area contributed by atoms with Crippen molar-refractivity contribution in [3.05, 3.63) is 61.8 Å². The molecule has 0 saturated carbocycles. The van der Waals surface area contributed by atoms with E-state index < -0.39 is 11.5 Å². The fraction of sp³-hybridized carbons (Fsp3) is 0.143. The van der Waals surface area contributed by atoms with Gasteiger partial charge in [-0.25, -0.2) is 4.79 Å². The highest BCUT2D eigenvalue weighted by atomic mass is 79.9. The molecule has 0 spiro atoms. The standard InChI is InChI=1S/C14H9BrN2O4/c1-6-4-9-12(14(18)19-6)11(7(5-16)13(17)21-9)8-2-3-10(15)20-8/h2-4,11H,17H2,1H3. The van der Waals surface area contributed by atoms with Crippen LogP contribution in [0.15, 0.2) is 48.0 Å². The topological polar surface area (TPSA) is 102 Å². The summed E-state index contributed by atoms with van der Waals surface area (Å²) in [5.74, 6) is 0.278. The van der Waals surface area contributed by atoms with Gasteiger partial charge in [0.2, 0.25) is 5.88 Å². The van der Waals surface area contributed by atoms with E-state index in [1.165, 1.54) is 0 Å². The summed E-state index contributed by atoms with van der Waals surface area (Å²) in [5.41, 5.74) is 5.52. The van der Waals surface area contributed by atoms with Crippen LogP contribution >= 0.6 is 15.9 Å². The summed E-state index contributed by atoms with van der Waals surface area (Å²) in [6, 6.07) is 6.86. The number of nitrogens with zero attached hydrogens (tertiary/aromatic N) is 1. The summed E-state index contributed by atoms with van der Waals surface area (Å²) in [4.78, 5) is 12.2. The van der Waals surface area contributed by atoms with E-state index in [2.05, 4.69) is 15.9 Å². The highest BCUT2D eigenvalue weighted by molar-refractivity contribution is 9.10. The van der Waals surface area contributed by atoms with Crippen molar-refractivity contribution in [1.82, 2.24) is 0 Å². The fourth-order valence-corrected chi connectivity index (χ4v) is 2.60. The van der Waals surface area contributed by atoms with Crippen molar-refractivity contribution >= 4 is 15.9 Å². The molecule has 0 bridgehead atoms. The minimum atomic E-state index is -0.748. The van der Waals surface area contributed by atoms with Crippen LogP contribution in [-0.4, -0.2) is 0 Å². The number of halogens is 1. The Morgan fingerprint density at radius 1 is 1.38 bits per heavy atom. The third-order valence-corrected chi connectivity index (χ3v) is 3.56. The van der Waals surface area contributed by atoms with Crippen LogP contribution in [0.2, 0.25) is 0 Å². The van der Waals surface area contributed by atoms with E-state index in [4.69, 9.17) is 19.3 Å². The molecule has 1 aliphatic rings. The zero-order chi connectivity index (χ0) is 15.1. The Labute approximate surface area is 127 Å². The lowest BCUT2D eigenvalue weighted by atomic mass is 9.88. The third kappa shape index (κ3) is 2.14. The lowest BCUT2D eigenvalue weighted by Crippen LogP contribution is -2.26. The van der Waals surface area contributed by atoms with Gasteiger partial charge in [-0.2, -0.15) is 5.26 Å². The number of nitriles is 1. The number of allylic oxidation sites excluding steroid dienone is 1. The Kier molecular flexibility index (Phi) is 3.11. The molecule has 0 amide bonds. The fourth-order valence-electron chi connectivity index (χ4n) is 2.29. The van der Waals surface area contributed by atoms with Crippen molar-refractivity contribution in [2.75, 3.05) is 0 Å². The first-order valence-corrected chi connectivity index (χ1v) is 6.78. The molecule has 2 N–H and O–H groups in total. The number of rotatable bonds is 1. The van der Waals surface area contributed by atoms with Crippen molar-refractivity contribution in [2.24, 2.45) is 5.73 Å². The SMILES string of the molecule is Cc1cc2c(c(=O)o1)C(c1ccc(Br)o1)C(C#N)=C(N)O2. The van der Waals surface area contributed by atoms with Crippen molar-refractivity contribution in [2.45, 2.75) is 12.8 Å².